The average molecular weight is 303 g/mol. The number of hydrogen-bond donors (Lipinski definition) is 1. The maximum Gasteiger partial charge on any atom is 0.187 e. The fourth-order valence-electron chi connectivity index (χ4n) is 1.89. The first-order valence-corrected chi connectivity index (χ1v) is 6.58. The molecule has 2 rings (SSSR count). The Hall–Kier alpha value is -2.69. The second kappa shape index (κ2) is 6.85. The van der Waals surface area contributed by atoms with Gasteiger partial charge >= 0.3 is 0 Å². The fraction of sp³-hybridized carbons (Fsp3) is 0.118. The molecule has 0 aliphatic carbocycles. The average Bonchev–Trinajstić information content (AvgIpc) is 2.51. The number of ketones is 1. The number of anilines is 1. The van der Waals surface area contributed by atoms with Crippen molar-refractivity contribution in [3.8, 4) is 5.75 Å². The Bertz CT molecular complexity index is 726. The Morgan fingerprint density at radius 2 is 1.91 bits per heavy atom. The minimum absolute atomic E-state index is 0.216. The van der Waals surface area contributed by atoms with Gasteiger partial charge in [0.25, 0.3) is 0 Å². The summed E-state index contributed by atoms with van der Waals surface area (Å²) < 4.78 is 31.0. The van der Waals surface area contributed by atoms with Gasteiger partial charge in [0.05, 0.1) is 7.11 Å². The Morgan fingerprint density at radius 1 is 1.14 bits per heavy atom. The summed E-state index contributed by atoms with van der Waals surface area (Å²) in [6, 6.07) is 10.2. The van der Waals surface area contributed by atoms with Crippen molar-refractivity contribution in [1.29, 1.82) is 0 Å². The van der Waals surface area contributed by atoms with Crippen LogP contribution in [0.2, 0.25) is 0 Å². The van der Waals surface area contributed by atoms with Crippen molar-refractivity contribution < 1.29 is 18.3 Å². The van der Waals surface area contributed by atoms with Crippen molar-refractivity contribution in [3.63, 3.8) is 0 Å². The highest BCUT2D eigenvalue weighted by molar-refractivity contribution is 6.05. The summed E-state index contributed by atoms with van der Waals surface area (Å²) in [5.74, 6) is -1.49. The van der Waals surface area contributed by atoms with Crippen molar-refractivity contribution in [2.45, 2.75) is 6.92 Å². The van der Waals surface area contributed by atoms with E-state index in [1.165, 1.54) is 19.3 Å². The number of ether oxygens (including phenoxy) is 1. The van der Waals surface area contributed by atoms with Crippen LogP contribution in [0.4, 0.5) is 14.5 Å². The van der Waals surface area contributed by atoms with Gasteiger partial charge in [-0.2, -0.15) is 0 Å². The molecular weight excluding hydrogens is 288 g/mol. The summed E-state index contributed by atoms with van der Waals surface area (Å²) in [5, 5.41) is 2.84. The van der Waals surface area contributed by atoms with Crippen molar-refractivity contribution >= 4 is 11.5 Å². The van der Waals surface area contributed by atoms with E-state index in [9.17, 15) is 13.6 Å². The van der Waals surface area contributed by atoms with Gasteiger partial charge in [0.1, 0.15) is 5.75 Å². The third-order valence-electron chi connectivity index (χ3n) is 2.96. The SMILES string of the molecule is COc1cccc(C(=O)/C=C(\C)Nc2ccc(F)c(F)c2)c1. The summed E-state index contributed by atoms with van der Waals surface area (Å²) in [4.78, 5) is 12.1. The first-order chi connectivity index (χ1) is 10.5. The van der Waals surface area contributed by atoms with Gasteiger partial charge in [-0.25, -0.2) is 8.78 Å². The summed E-state index contributed by atoms with van der Waals surface area (Å²) in [5.41, 5.74) is 1.36. The van der Waals surface area contributed by atoms with E-state index in [0.717, 1.165) is 12.1 Å². The number of benzene rings is 2. The zero-order valence-electron chi connectivity index (χ0n) is 12.2. The first kappa shape index (κ1) is 15.7. The lowest BCUT2D eigenvalue weighted by Gasteiger charge is -2.07. The molecule has 0 bridgehead atoms. The molecule has 114 valence electrons. The molecule has 0 aliphatic rings. The molecule has 0 aromatic heterocycles. The van der Waals surface area contributed by atoms with Crippen molar-refractivity contribution in [3.05, 3.63) is 71.4 Å². The largest absolute Gasteiger partial charge is 0.497 e. The number of rotatable bonds is 5. The van der Waals surface area contributed by atoms with Gasteiger partial charge < -0.3 is 10.1 Å². The molecule has 0 amide bonds. The highest BCUT2D eigenvalue weighted by Gasteiger charge is 2.06. The Kier molecular flexibility index (Phi) is 4.88. The van der Waals surface area contributed by atoms with Gasteiger partial charge in [-0.05, 0) is 31.2 Å². The van der Waals surface area contributed by atoms with Crippen LogP contribution in [0.3, 0.4) is 0 Å². The first-order valence-electron chi connectivity index (χ1n) is 6.58. The number of carbonyl (C=O) groups excluding carboxylic acids is 1. The molecule has 3 nitrogen and oxygen atoms in total. The number of allylic oxidation sites excluding steroid dienone is 2. The molecule has 0 atom stereocenters. The lowest BCUT2D eigenvalue weighted by Crippen LogP contribution is -2.02. The van der Waals surface area contributed by atoms with Crippen LogP contribution >= 0.6 is 0 Å². The van der Waals surface area contributed by atoms with E-state index in [4.69, 9.17) is 4.74 Å². The van der Waals surface area contributed by atoms with Gasteiger partial charge in [-0.1, -0.05) is 12.1 Å². The van der Waals surface area contributed by atoms with Crippen LogP contribution in [0.25, 0.3) is 0 Å². The summed E-state index contributed by atoms with van der Waals surface area (Å²) in [6.45, 7) is 1.67. The Balaban J connectivity index is 2.13. The molecule has 0 fully saturated rings. The molecule has 1 N–H and O–H groups in total. The van der Waals surface area contributed by atoms with Crippen LogP contribution in [-0.4, -0.2) is 12.9 Å². The summed E-state index contributed by atoms with van der Waals surface area (Å²) >= 11 is 0. The highest BCUT2D eigenvalue weighted by atomic mass is 19.2. The fourth-order valence-corrected chi connectivity index (χ4v) is 1.89. The summed E-state index contributed by atoms with van der Waals surface area (Å²) in [6.07, 6.45) is 1.38. The van der Waals surface area contributed by atoms with Crippen LogP contribution in [0, 0.1) is 11.6 Å². The molecule has 0 heterocycles. The van der Waals surface area contributed by atoms with E-state index in [0.29, 0.717) is 22.7 Å². The maximum atomic E-state index is 13.1. The predicted octanol–water partition coefficient (Wildman–Crippen LogP) is 4.17. The number of hydrogen-bond acceptors (Lipinski definition) is 3. The molecular formula is C17H15F2NO2. The van der Waals surface area contributed by atoms with E-state index < -0.39 is 11.6 Å². The standard InChI is InChI=1S/C17H15F2NO2/c1-11(20-13-6-7-15(18)16(19)10-13)8-17(21)12-4-3-5-14(9-12)22-2/h3-10,20H,1-2H3/b11-8+. The Morgan fingerprint density at radius 3 is 2.59 bits per heavy atom. The number of halogens is 2. The van der Waals surface area contributed by atoms with Gasteiger partial charge in [-0.3, -0.25) is 4.79 Å². The van der Waals surface area contributed by atoms with E-state index in [2.05, 4.69) is 5.32 Å². The van der Waals surface area contributed by atoms with E-state index in [1.54, 1.807) is 31.2 Å². The van der Waals surface area contributed by atoms with Gasteiger partial charge in [-0.15, -0.1) is 0 Å². The quantitative estimate of drug-likeness (QED) is 0.665. The van der Waals surface area contributed by atoms with E-state index in [-0.39, 0.29) is 5.78 Å². The molecule has 0 spiro atoms. The van der Waals surface area contributed by atoms with Gasteiger partial charge in [0, 0.05) is 29.1 Å². The summed E-state index contributed by atoms with van der Waals surface area (Å²) in [7, 11) is 1.52. The van der Waals surface area contributed by atoms with Crippen molar-refractivity contribution in [1.82, 2.24) is 0 Å². The molecule has 0 aliphatic heterocycles. The molecule has 0 radical (unpaired) electrons. The second-order valence-corrected chi connectivity index (χ2v) is 4.68. The molecule has 2 aromatic carbocycles. The lowest BCUT2D eigenvalue weighted by atomic mass is 10.1. The van der Waals surface area contributed by atoms with Gasteiger partial charge in [0.15, 0.2) is 17.4 Å². The number of methoxy groups -OCH3 is 1. The monoisotopic (exact) mass is 303 g/mol. The maximum absolute atomic E-state index is 13.1. The third-order valence-corrected chi connectivity index (χ3v) is 2.96. The molecule has 0 saturated heterocycles. The molecule has 22 heavy (non-hydrogen) atoms. The minimum atomic E-state index is -0.947. The molecule has 5 heteroatoms. The van der Waals surface area contributed by atoms with Gasteiger partial charge in [0.2, 0.25) is 0 Å². The predicted molar refractivity (Wildman–Crippen MR) is 81.1 cm³/mol. The van der Waals surface area contributed by atoms with Crippen LogP contribution in [-0.2, 0) is 0 Å². The topological polar surface area (TPSA) is 38.3 Å². The normalized spacial score (nSPS) is 11.2. The van der Waals surface area contributed by atoms with Crippen molar-refractivity contribution in [2.24, 2.45) is 0 Å². The van der Waals surface area contributed by atoms with Crippen molar-refractivity contribution in [2.75, 3.05) is 12.4 Å². The van der Waals surface area contributed by atoms with E-state index >= 15 is 0 Å². The molecule has 0 saturated carbocycles. The smallest absolute Gasteiger partial charge is 0.187 e. The number of nitrogens with one attached hydrogen (secondary N) is 1. The van der Waals surface area contributed by atoms with E-state index in [1.807, 2.05) is 0 Å². The Labute approximate surface area is 127 Å². The van der Waals surface area contributed by atoms with Crippen LogP contribution in [0.15, 0.2) is 54.2 Å². The molecule has 2 aromatic rings. The van der Waals surface area contributed by atoms with Crippen LogP contribution < -0.4 is 10.1 Å². The van der Waals surface area contributed by atoms with Crippen LogP contribution in [0.1, 0.15) is 17.3 Å². The molecule has 0 unspecified atom stereocenters. The minimum Gasteiger partial charge on any atom is -0.497 e. The lowest BCUT2D eigenvalue weighted by molar-refractivity contribution is 0.104. The highest BCUT2D eigenvalue weighted by Crippen LogP contribution is 2.16. The zero-order chi connectivity index (χ0) is 16.1. The van der Waals surface area contributed by atoms with Crippen LogP contribution in [0.5, 0.6) is 5.75 Å². The second-order valence-electron chi connectivity index (χ2n) is 4.68. The number of carbonyl (C=O) groups is 1. The third kappa shape index (κ3) is 3.91. The zero-order valence-corrected chi connectivity index (χ0v) is 12.2.